The van der Waals surface area contributed by atoms with Gasteiger partial charge in [0.1, 0.15) is 17.1 Å². The summed E-state index contributed by atoms with van der Waals surface area (Å²) < 4.78 is 14.6. The van der Waals surface area contributed by atoms with E-state index in [1.54, 1.807) is 36.3 Å². The standard InChI is InChI=1S/C28H26ClFN4O2/c1-16-10-17(12-18(29)11-16)22-14-32-25-8-7-24(21-13-20(35)5-6-23(21)30)33-27(25)26(22)28(36)34(2)15-19-4-3-9-31-19/h5-8,10-14,19,31,35H,3-4,9,15H2,1-2H3/t19-/m0/s1. The third kappa shape index (κ3) is 4.76. The lowest BCUT2D eigenvalue weighted by molar-refractivity contribution is 0.0786. The van der Waals surface area contributed by atoms with E-state index in [1.807, 2.05) is 19.1 Å². The van der Waals surface area contributed by atoms with Gasteiger partial charge in [0, 0.05) is 42.0 Å². The number of pyridine rings is 2. The van der Waals surface area contributed by atoms with Crippen LogP contribution in [0.25, 0.3) is 33.4 Å². The van der Waals surface area contributed by atoms with Crippen LogP contribution in [-0.4, -0.2) is 52.1 Å². The Morgan fingerprint density at radius 3 is 2.78 bits per heavy atom. The molecule has 0 spiro atoms. The number of hydrogen-bond acceptors (Lipinski definition) is 5. The number of aromatic hydroxyl groups is 1. The first-order valence-electron chi connectivity index (χ1n) is 11.8. The zero-order valence-corrected chi connectivity index (χ0v) is 20.8. The summed E-state index contributed by atoms with van der Waals surface area (Å²) in [6.07, 6.45) is 3.76. The summed E-state index contributed by atoms with van der Waals surface area (Å²) in [5, 5.41) is 13.9. The Morgan fingerprint density at radius 2 is 2.03 bits per heavy atom. The van der Waals surface area contributed by atoms with Crippen LogP contribution in [0, 0.1) is 12.7 Å². The molecule has 0 unspecified atom stereocenters. The number of aromatic nitrogens is 2. The number of hydrogen-bond donors (Lipinski definition) is 2. The molecule has 2 aromatic carbocycles. The summed E-state index contributed by atoms with van der Waals surface area (Å²) in [5.41, 5.74) is 3.99. The summed E-state index contributed by atoms with van der Waals surface area (Å²) in [5.74, 6) is -0.800. The molecule has 0 aliphatic carbocycles. The number of aryl methyl sites for hydroxylation is 1. The molecule has 1 aliphatic heterocycles. The summed E-state index contributed by atoms with van der Waals surface area (Å²) in [7, 11) is 1.78. The number of halogens is 2. The minimum Gasteiger partial charge on any atom is -0.508 e. The van der Waals surface area contributed by atoms with E-state index in [0.717, 1.165) is 30.5 Å². The molecule has 4 aromatic rings. The monoisotopic (exact) mass is 504 g/mol. The van der Waals surface area contributed by atoms with Crippen molar-refractivity contribution in [3.63, 3.8) is 0 Å². The van der Waals surface area contributed by atoms with Gasteiger partial charge >= 0.3 is 0 Å². The van der Waals surface area contributed by atoms with E-state index in [1.165, 1.54) is 18.2 Å². The Hall–Kier alpha value is -3.55. The van der Waals surface area contributed by atoms with Crippen molar-refractivity contribution in [2.45, 2.75) is 25.8 Å². The van der Waals surface area contributed by atoms with Gasteiger partial charge in [0.05, 0.1) is 16.8 Å². The van der Waals surface area contributed by atoms with Gasteiger partial charge < -0.3 is 15.3 Å². The molecule has 1 aliphatic rings. The number of rotatable bonds is 5. The molecule has 36 heavy (non-hydrogen) atoms. The maximum absolute atomic E-state index is 14.6. The lowest BCUT2D eigenvalue weighted by atomic mass is 9.97. The lowest BCUT2D eigenvalue weighted by Gasteiger charge is -2.23. The van der Waals surface area contributed by atoms with Crippen molar-refractivity contribution in [1.29, 1.82) is 0 Å². The predicted molar refractivity (Wildman–Crippen MR) is 140 cm³/mol. The molecular weight excluding hydrogens is 479 g/mol. The number of likely N-dealkylation sites (N-methyl/N-ethyl adjacent to an activating group) is 1. The molecule has 0 radical (unpaired) electrons. The molecule has 0 saturated carbocycles. The molecule has 1 fully saturated rings. The minimum absolute atomic E-state index is 0.0744. The maximum Gasteiger partial charge on any atom is 0.256 e. The number of phenolic OH excluding ortho intramolecular Hbond substituents is 1. The Labute approximate surface area is 213 Å². The fraction of sp³-hybridized carbons (Fsp3) is 0.250. The van der Waals surface area contributed by atoms with Crippen molar-refractivity contribution in [3.05, 3.63) is 76.7 Å². The van der Waals surface area contributed by atoms with Crippen LogP contribution in [0.4, 0.5) is 4.39 Å². The van der Waals surface area contributed by atoms with E-state index in [2.05, 4.69) is 10.3 Å². The number of nitrogens with zero attached hydrogens (tertiary/aromatic N) is 3. The number of fused-ring (bicyclic) bond motifs is 1. The Bertz CT molecular complexity index is 1450. The van der Waals surface area contributed by atoms with Crippen LogP contribution in [0.3, 0.4) is 0 Å². The van der Waals surface area contributed by atoms with Crippen molar-refractivity contribution in [2.24, 2.45) is 0 Å². The number of phenols is 1. The molecule has 3 heterocycles. The highest BCUT2D eigenvalue weighted by molar-refractivity contribution is 6.31. The third-order valence-corrected chi connectivity index (χ3v) is 6.73. The number of amides is 1. The Kier molecular flexibility index (Phi) is 6.60. The van der Waals surface area contributed by atoms with Gasteiger partial charge in [-0.25, -0.2) is 9.37 Å². The molecule has 6 nitrogen and oxygen atoms in total. The van der Waals surface area contributed by atoms with E-state index < -0.39 is 5.82 Å². The second-order valence-electron chi connectivity index (χ2n) is 9.27. The minimum atomic E-state index is -0.522. The van der Waals surface area contributed by atoms with Gasteiger partial charge in [-0.05, 0) is 79.9 Å². The molecule has 0 bridgehead atoms. The molecule has 184 valence electrons. The quantitative estimate of drug-likeness (QED) is 0.370. The van der Waals surface area contributed by atoms with Gasteiger partial charge in [-0.3, -0.25) is 9.78 Å². The van der Waals surface area contributed by atoms with Gasteiger partial charge in [0.2, 0.25) is 0 Å². The maximum atomic E-state index is 14.6. The van der Waals surface area contributed by atoms with Gasteiger partial charge in [-0.15, -0.1) is 0 Å². The average Bonchev–Trinajstić information content (AvgIpc) is 3.36. The Balaban J connectivity index is 1.71. The van der Waals surface area contributed by atoms with Crippen LogP contribution in [0.5, 0.6) is 5.75 Å². The first-order chi connectivity index (χ1) is 17.3. The van der Waals surface area contributed by atoms with Crippen molar-refractivity contribution < 1.29 is 14.3 Å². The molecule has 8 heteroatoms. The van der Waals surface area contributed by atoms with Crippen LogP contribution in [0.2, 0.25) is 5.02 Å². The highest BCUT2D eigenvalue weighted by Gasteiger charge is 2.25. The topological polar surface area (TPSA) is 78.4 Å². The smallest absolute Gasteiger partial charge is 0.256 e. The third-order valence-electron chi connectivity index (χ3n) is 6.51. The van der Waals surface area contributed by atoms with Crippen molar-refractivity contribution in [3.8, 4) is 28.1 Å². The normalized spacial score (nSPS) is 15.4. The van der Waals surface area contributed by atoms with Crippen molar-refractivity contribution >= 4 is 28.5 Å². The van der Waals surface area contributed by atoms with Crippen molar-refractivity contribution in [2.75, 3.05) is 20.1 Å². The fourth-order valence-electron chi connectivity index (χ4n) is 4.77. The van der Waals surface area contributed by atoms with Crippen LogP contribution in [-0.2, 0) is 0 Å². The van der Waals surface area contributed by atoms with Gasteiger partial charge in [-0.1, -0.05) is 17.7 Å². The largest absolute Gasteiger partial charge is 0.508 e. The van der Waals surface area contributed by atoms with Gasteiger partial charge in [0.15, 0.2) is 0 Å². The second kappa shape index (κ2) is 9.84. The first kappa shape index (κ1) is 24.2. The van der Waals surface area contributed by atoms with E-state index in [4.69, 9.17) is 16.6 Å². The zero-order valence-electron chi connectivity index (χ0n) is 20.1. The second-order valence-corrected chi connectivity index (χ2v) is 9.71. The van der Waals surface area contributed by atoms with Crippen LogP contribution >= 0.6 is 11.6 Å². The van der Waals surface area contributed by atoms with Crippen LogP contribution in [0.15, 0.2) is 54.7 Å². The zero-order chi connectivity index (χ0) is 25.4. The summed E-state index contributed by atoms with van der Waals surface area (Å²) in [4.78, 5) is 24.9. The molecule has 1 atom stereocenters. The highest BCUT2D eigenvalue weighted by Crippen LogP contribution is 2.34. The highest BCUT2D eigenvalue weighted by atomic mass is 35.5. The van der Waals surface area contributed by atoms with E-state index >= 15 is 0 Å². The van der Waals surface area contributed by atoms with Gasteiger partial charge in [-0.2, -0.15) is 0 Å². The molecule has 1 amide bonds. The number of carbonyl (C=O) groups excluding carboxylic acids is 1. The molecule has 2 N–H and O–H groups in total. The van der Waals surface area contributed by atoms with Crippen molar-refractivity contribution in [1.82, 2.24) is 20.2 Å². The van der Waals surface area contributed by atoms with E-state index in [-0.39, 0.29) is 23.3 Å². The lowest BCUT2D eigenvalue weighted by Crippen LogP contribution is -2.39. The fourth-order valence-corrected chi connectivity index (χ4v) is 5.06. The molecule has 2 aromatic heterocycles. The number of benzene rings is 2. The predicted octanol–water partition coefficient (Wildman–Crippen LogP) is 5.59. The summed E-state index contributed by atoms with van der Waals surface area (Å²) in [6.45, 7) is 3.43. The van der Waals surface area contributed by atoms with E-state index in [0.29, 0.717) is 39.4 Å². The number of nitrogens with one attached hydrogen (secondary N) is 1. The number of carbonyl (C=O) groups is 1. The summed E-state index contributed by atoms with van der Waals surface area (Å²) >= 11 is 6.36. The first-order valence-corrected chi connectivity index (χ1v) is 12.2. The van der Waals surface area contributed by atoms with Gasteiger partial charge in [0.25, 0.3) is 5.91 Å². The molecule has 5 rings (SSSR count). The van der Waals surface area contributed by atoms with Crippen LogP contribution < -0.4 is 5.32 Å². The summed E-state index contributed by atoms with van der Waals surface area (Å²) in [6, 6.07) is 13.0. The molecular formula is C28H26ClFN4O2. The Morgan fingerprint density at radius 1 is 1.19 bits per heavy atom. The molecule has 1 saturated heterocycles. The van der Waals surface area contributed by atoms with Crippen LogP contribution in [0.1, 0.15) is 28.8 Å². The average molecular weight is 505 g/mol. The van der Waals surface area contributed by atoms with E-state index in [9.17, 15) is 14.3 Å². The SMILES string of the molecule is Cc1cc(Cl)cc(-c2cnc3ccc(-c4cc(O)ccc4F)nc3c2C(=O)N(C)C[C@@H]2CCCN2)c1.